The first-order valence-electron chi connectivity index (χ1n) is 21.1. The highest BCUT2D eigenvalue weighted by molar-refractivity contribution is 6.00. The summed E-state index contributed by atoms with van der Waals surface area (Å²) in [6, 6.07) is -14.3. The van der Waals surface area contributed by atoms with Crippen LogP contribution in [-0.2, 0) is 67.1 Å². The third-order valence-electron chi connectivity index (χ3n) is 9.35. The topological polar surface area (TPSA) is 610 Å². The molecule has 0 bridgehead atoms. The molecule has 0 saturated carbocycles. The number of nitrogens with one attached hydrogen (secondary N) is 7. The molecule has 0 aliphatic heterocycles. The number of carboxylic acids is 2. The average Bonchev–Trinajstić information content (AvgIpc) is 3.23. The number of amides is 12. The highest BCUT2D eigenvalue weighted by atomic mass is 16.4. The first-order valence-corrected chi connectivity index (χ1v) is 21.1. The summed E-state index contributed by atoms with van der Waals surface area (Å²) in [6.45, 7) is 0.00245. The summed E-state index contributed by atoms with van der Waals surface area (Å²) >= 11 is 0. The van der Waals surface area contributed by atoms with E-state index in [0.29, 0.717) is 6.42 Å². The van der Waals surface area contributed by atoms with Gasteiger partial charge in [-0.15, -0.1) is 0 Å². The SMILES string of the molecule is NCCCC[C@H](NC(=O)[C@H](CC(N)=O)NC(=O)[C@@H](N)CC(N)=O)C(=O)N[C@@H](CCCN=C(N)N)C(=O)N[C@@H](CC(N)=O)C(=O)N[C@@H](CC(N)=O)C(=O)N[C@@H](CCC(=O)O)C(=O)N[C@@H](CC(=O)O)C(N)=O. The van der Waals surface area contributed by atoms with Gasteiger partial charge in [0.15, 0.2) is 5.96 Å². The van der Waals surface area contributed by atoms with Crippen LogP contribution in [0.3, 0.4) is 0 Å². The van der Waals surface area contributed by atoms with Gasteiger partial charge in [-0.25, -0.2) is 0 Å². The minimum absolute atomic E-state index is 0.0562. The van der Waals surface area contributed by atoms with E-state index >= 15 is 0 Å². The summed E-state index contributed by atoms with van der Waals surface area (Å²) in [4.78, 5) is 180. The van der Waals surface area contributed by atoms with E-state index in [0.717, 1.165) is 0 Å². The molecule has 12 amide bonds. The van der Waals surface area contributed by atoms with Crippen molar-refractivity contribution in [3.05, 3.63) is 0 Å². The quantitative estimate of drug-likeness (QED) is 0.0157. The molecule has 27 N–H and O–H groups in total. The van der Waals surface area contributed by atoms with Crippen molar-refractivity contribution in [1.29, 1.82) is 0 Å². The molecule has 0 aromatic carbocycles. The summed E-state index contributed by atoms with van der Waals surface area (Å²) in [5.41, 5.74) is 48.2. The first-order chi connectivity index (χ1) is 32.6. The van der Waals surface area contributed by atoms with Crippen LogP contribution >= 0.6 is 0 Å². The largest absolute Gasteiger partial charge is 0.481 e. The Labute approximate surface area is 398 Å². The van der Waals surface area contributed by atoms with E-state index in [1.54, 1.807) is 0 Å². The van der Waals surface area contributed by atoms with E-state index in [2.05, 4.69) is 36.9 Å². The van der Waals surface area contributed by atoms with Crippen molar-refractivity contribution >= 4 is 88.8 Å². The van der Waals surface area contributed by atoms with Gasteiger partial charge in [0.1, 0.15) is 42.3 Å². The van der Waals surface area contributed by atoms with Crippen molar-refractivity contribution in [1.82, 2.24) is 37.2 Å². The molecule has 33 nitrogen and oxygen atoms in total. The van der Waals surface area contributed by atoms with Crippen molar-refractivity contribution in [3.8, 4) is 0 Å². The standard InChI is InChI=1S/C37H63N17O16/c38-8-2-1-4-16(49-34(68)20(11-24(41)56)52-30(64)15(39)10-23(40)55)31(65)48-17(5-3-9-47-37(45)46)32(66)53-22(13-26(43)58)36(70)54-21(12-25(42)57)35(69)50-18(6-7-27(59)60)33(67)51-19(29(44)63)14-28(61)62/h15-22H,1-14,38-39H2,(H2,40,55)(H2,41,56)(H2,42,57)(H2,43,58)(H2,44,63)(H,48,65)(H,49,68)(H,50,69)(H,51,67)(H,52,64)(H,53,66)(H,54,70)(H,59,60)(H,61,62)(H4,45,46,47)/t15-,16-,17-,18-,19-,20-,21-,22-/m0/s1. The molecule has 0 spiro atoms. The lowest BCUT2D eigenvalue weighted by molar-refractivity contribution is -0.140. The summed E-state index contributed by atoms with van der Waals surface area (Å²) in [5.74, 6) is -17.9. The van der Waals surface area contributed by atoms with Gasteiger partial charge in [-0.05, 0) is 45.1 Å². The van der Waals surface area contributed by atoms with E-state index in [1.165, 1.54) is 0 Å². The number of carbonyl (C=O) groups is 14. The summed E-state index contributed by atoms with van der Waals surface area (Å²) in [6.07, 6.45) is -6.07. The predicted octanol–water partition coefficient (Wildman–Crippen LogP) is -10.8. The van der Waals surface area contributed by atoms with E-state index < -0.39 is 176 Å². The maximum atomic E-state index is 13.9. The van der Waals surface area contributed by atoms with Gasteiger partial charge in [-0.1, -0.05) is 0 Å². The molecule has 33 heteroatoms. The van der Waals surface area contributed by atoms with Crippen molar-refractivity contribution < 1.29 is 77.3 Å². The molecular weight excluding hydrogens is 939 g/mol. The molecule has 8 atom stereocenters. The summed E-state index contributed by atoms with van der Waals surface area (Å²) in [7, 11) is 0. The van der Waals surface area contributed by atoms with Gasteiger partial charge in [0.2, 0.25) is 70.9 Å². The zero-order valence-corrected chi connectivity index (χ0v) is 37.8. The van der Waals surface area contributed by atoms with Crippen LogP contribution in [0.5, 0.6) is 0 Å². The summed E-state index contributed by atoms with van der Waals surface area (Å²) in [5, 5.41) is 33.5. The third-order valence-corrected chi connectivity index (χ3v) is 9.35. The number of primary amides is 5. The van der Waals surface area contributed by atoms with Gasteiger partial charge in [0.25, 0.3) is 0 Å². The zero-order valence-electron chi connectivity index (χ0n) is 37.8. The number of unbranched alkanes of at least 4 members (excludes halogenated alkanes) is 1. The van der Waals surface area contributed by atoms with Crippen molar-refractivity contribution in [2.45, 2.75) is 125 Å². The second-order valence-electron chi connectivity index (χ2n) is 15.4. The van der Waals surface area contributed by atoms with Crippen LogP contribution in [0.4, 0.5) is 0 Å². The van der Waals surface area contributed by atoms with Crippen molar-refractivity contribution in [2.24, 2.45) is 56.6 Å². The Hall–Kier alpha value is -8.23. The minimum Gasteiger partial charge on any atom is -0.481 e. The number of guanidine groups is 1. The Bertz CT molecular complexity index is 1980. The molecule has 0 aromatic rings. The van der Waals surface area contributed by atoms with Crippen LogP contribution in [-0.4, -0.2) is 160 Å². The molecule has 0 aliphatic rings. The Morgan fingerprint density at radius 2 is 0.743 bits per heavy atom. The molecule has 0 radical (unpaired) electrons. The van der Waals surface area contributed by atoms with Gasteiger partial charge < -0.3 is 99.0 Å². The number of aliphatic carboxylic acids is 2. The Morgan fingerprint density at radius 1 is 0.400 bits per heavy atom. The highest BCUT2D eigenvalue weighted by Crippen LogP contribution is 2.09. The Balaban J connectivity index is 6.85. The van der Waals surface area contributed by atoms with Crippen LogP contribution in [0.2, 0.25) is 0 Å². The smallest absolute Gasteiger partial charge is 0.305 e. The number of rotatable bonds is 36. The van der Waals surface area contributed by atoms with E-state index in [9.17, 15) is 72.2 Å². The molecule has 0 fully saturated rings. The molecule has 0 heterocycles. The second kappa shape index (κ2) is 31.7. The van der Waals surface area contributed by atoms with Gasteiger partial charge in [-0.3, -0.25) is 72.1 Å². The van der Waals surface area contributed by atoms with Gasteiger partial charge in [0.05, 0.1) is 38.1 Å². The number of nitrogens with two attached hydrogens (primary N) is 9. The highest BCUT2D eigenvalue weighted by Gasteiger charge is 2.36. The lowest BCUT2D eigenvalue weighted by atomic mass is 10.0. The predicted molar refractivity (Wildman–Crippen MR) is 238 cm³/mol. The van der Waals surface area contributed by atoms with Gasteiger partial charge in [-0.2, -0.15) is 0 Å². The maximum Gasteiger partial charge on any atom is 0.305 e. The van der Waals surface area contributed by atoms with Crippen LogP contribution < -0.4 is 88.8 Å². The summed E-state index contributed by atoms with van der Waals surface area (Å²) < 4.78 is 0. The Morgan fingerprint density at radius 3 is 1.09 bits per heavy atom. The van der Waals surface area contributed by atoms with Crippen LogP contribution in [0.25, 0.3) is 0 Å². The lowest BCUT2D eigenvalue weighted by Gasteiger charge is -2.27. The molecule has 0 unspecified atom stereocenters. The normalized spacial score (nSPS) is 14.1. The fraction of sp³-hybridized carbons (Fsp3) is 0.595. The molecule has 0 rings (SSSR count). The molecule has 0 aliphatic carbocycles. The second-order valence-corrected chi connectivity index (χ2v) is 15.4. The van der Waals surface area contributed by atoms with Crippen molar-refractivity contribution in [3.63, 3.8) is 0 Å². The fourth-order valence-corrected chi connectivity index (χ4v) is 5.92. The van der Waals surface area contributed by atoms with Crippen molar-refractivity contribution in [2.75, 3.05) is 13.1 Å². The van der Waals surface area contributed by atoms with E-state index in [4.69, 9.17) is 56.7 Å². The lowest BCUT2D eigenvalue weighted by Crippen LogP contribution is -2.61. The number of hydrogen-bond acceptors (Lipinski definition) is 17. The number of nitrogens with zero attached hydrogens (tertiary/aromatic N) is 1. The molecule has 70 heavy (non-hydrogen) atoms. The minimum atomic E-state index is -2.04. The van der Waals surface area contributed by atoms with Crippen LogP contribution in [0.15, 0.2) is 4.99 Å². The molecule has 392 valence electrons. The van der Waals surface area contributed by atoms with Crippen LogP contribution in [0.1, 0.15) is 77.0 Å². The third kappa shape index (κ3) is 26.2. The number of carbonyl (C=O) groups excluding carboxylic acids is 12. The molecule has 0 saturated heterocycles. The maximum absolute atomic E-state index is 13.9. The number of hydrogen-bond donors (Lipinski definition) is 18. The monoisotopic (exact) mass is 1000 g/mol. The Kier molecular flexibility index (Phi) is 28.0. The molecular formula is C37H63N17O16. The number of aliphatic imine (C=N–C) groups is 1. The fourth-order valence-electron chi connectivity index (χ4n) is 5.92. The number of carboxylic acid groups (broad SMARTS) is 2. The first kappa shape index (κ1) is 61.8. The average molecular weight is 1000 g/mol. The van der Waals surface area contributed by atoms with Gasteiger partial charge >= 0.3 is 11.9 Å². The molecule has 0 aromatic heterocycles. The van der Waals surface area contributed by atoms with Gasteiger partial charge in [0, 0.05) is 13.0 Å². The van der Waals surface area contributed by atoms with E-state index in [1.807, 2.05) is 5.32 Å². The zero-order chi connectivity index (χ0) is 53.8. The van der Waals surface area contributed by atoms with Crippen LogP contribution in [0, 0.1) is 0 Å². The van der Waals surface area contributed by atoms with E-state index in [-0.39, 0.29) is 44.7 Å².